The Hall–Kier alpha value is -3.09. The maximum atomic E-state index is 13.2. The number of carbonyl (C=O) groups is 2. The summed E-state index contributed by atoms with van der Waals surface area (Å²) in [6.45, 7) is 2.06. The number of ketones is 2. The van der Waals surface area contributed by atoms with E-state index in [0.717, 1.165) is 17.7 Å². The van der Waals surface area contributed by atoms with Crippen molar-refractivity contribution in [2.75, 3.05) is 11.1 Å². The molecule has 0 saturated carbocycles. The van der Waals surface area contributed by atoms with Crippen molar-refractivity contribution in [2.45, 2.75) is 18.2 Å². The first-order valence-corrected chi connectivity index (χ1v) is 9.64. The lowest BCUT2D eigenvalue weighted by Gasteiger charge is -2.23. The number of fused-ring (bicyclic) bond motifs is 2. The number of benzene rings is 3. The summed E-state index contributed by atoms with van der Waals surface area (Å²) in [5.74, 6) is -0.579. The highest BCUT2D eigenvalue weighted by atomic mass is 32.2. The number of hydrogen-bond acceptors (Lipinski definition) is 6. The van der Waals surface area contributed by atoms with Gasteiger partial charge in [-0.05, 0) is 30.2 Å². The topological polar surface area (TPSA) is 92.4 Å². The second-order valence-corrected chi connectivity index (χ2v) is 7.18. The first-order chi connectivity index (χ1) is 13.5. The molecule has 0 amide bonds. The van der Waals surface area contributed by atoms with Crippen LogP contribution in [-0.2, 0) is 6.42 Å². The van der Waals surface area contributed by atoms with Gasteiger partial charge in [0, 0.05) is 28.9 Å². The van der Waals surface area contributed by atoms with Crippen LogP contribution in [0.2, 0.25) is 0 Å². The molecule has 3 aromatic carbocycles. The average Bonchev–Trinajstić information content (AvgIpc) is 2.73. The fourth-order valence-corrected chi connectivity index (χ4v) is 3.86. The van der Waals surface area contributed by atoms with E-state index in [1.165, 1.54) is 0 Å². The SMILES string of the molecule is CCc1cccc(Nc2cc(SO)c(N)c3c2C(=O)c2ccccc2C3=O)c1. The van der Waals surface area contributed by atoms with Crippen molar-refractivity contribution in [3.63, 3.8) is 0 Å². The molecular formula is C22H18N2O3S. The summed E-state index contributed by atoms with van der Waals surface area (Å²) in [6.07, 6.45) is 0.873. The Labute approximate surface area is 166 Å². The minimum Gasteiger partial charge on any atom is -0.397 e. The third kappa shape index (κ3) is 2.87. The van der Waals surface area contributed by atoms with E-state index in [0.29, 0.717) is 33.8 Å². The van der Waals surface area contributed by atoms with Crippen LogP contribution in [0.25, 0.3) is 0 Å². The minimum absolute atomic E-state index is 0.114. The lowest BCUT2D eigenvalue weighted by molar-refractivity contribution is 0.0980. The van der Waals surface area contributed by atoms with E-state index in [2.05, 4.69) is 12.2 Å². The predicted molar refractivity (Wildman–Crippen MR) is 112 cm³/mol. The highest BCUT2D eigenvalue weighted by Crippen LogP contribution is 2.41. The highest BCUT2D eigenvalue weighted by Gasteiger charge is 2.34. The Balaban J connectivity index is 1.93. The molecular weight excluding hydrogens is 372 g/mol. The Bertz CT molecular complexity index is 1120. The van der Waals surface area contributed by atoms with Crippen molar-refractivity contribution in [3.05, 3.63) is 82.4 Å². The molecule has 5 nitrogen and oxygen atoms in total. The largest absolute Gasteiger partial charge is 0.397 e. The van der Waals surface area contributed by atoms with Crippen LogP contribution < -0.4 is 11.1 Å². The molecule has 1 aliphatic carbocycles. The zero-order valence-corrected chi connectivity index (χ0v) is 16.0. The number of nitrogens with one attached hydrogen (secondary N) is 1. The summed E-state index contributed by atoms with van der Waals surface area (Å²) >= 11 is 0.457. The molecule has 0 saturated heterocycles. The number of nitrogen functional groups attached to an aromatic ring is 1. The van der Waals surface area contributed by atoms with E-state index in [4.69, 9.17) is 5.73 Å². The summed E-state index contributed by atoms with van der Waals surface area (Å²) in [6, 6.07) is 16.1. The van der Waals surface area contributed by atoms with Gasteiger partial charge >= 0.3 is 0 Å². The molecule has 140 valence electrons. The molecule has 0 bridgehead atoms. The van der Waals surface area contributed by atoms with E-state index in [1.807, 2.05) is 24.3 Å². The Morgan fingerprint density at radius 2 is 1.64 bits per heavy atom. The van der Waals surface area contributed by atoms with Gasteiger partial charge in [0.25, 0.3) is 0 Å². The molecule has 4 rings (SSSR count). The van der Waals surface area contributed by atoms with E-state index in [1.54, 1.807) is 30.3 Å². The predicted octanol–water partition coefficient (Wildman–Crippen LogP) is 4.92. The van der Waals surface area contributed by atoms with Gasteiger partial charge in [0.15, 0.2) is 11.6 Å². The molecule has 1 aliphatic rings. The first-order valence-electron chi connectivity index (χ1n) is 8.87. The minimum atomic E-state index is -0.316. The molecule has 0 fully saturated rings. The van der Waals surface area contributed by atoms with E-state index >= 15 is 0 Å². The van der Waals surface area contributed by atoms with Crippen LogP contribution in [0.5, 0.6) is 0 Å². The highest BCUT2D eigenvalue weighted by molar-refractivity contribution is 7.94. The molecule has 0 atom stereocenters. The Morgan fingerprint density at radius 1 is 0.964 bits per heavy atom. The number of anilines is 3. The van der Waals surface area contributed by atoms with Crippen LogP contribution in [0, 0.1) is 0 Å². The number of nitrogens with two attached hydrogens (primary N) is 1. The van der Waals surface area contributed by atoms with Gasteiger partial charge in [0.05, 0.1) is 27.4 Å². The van der Waals surface area contributed by atoms with Crippen molar-refractivity contribution in [2.24, 2.45) is 0 Å². The lowest BCUT2D eigenvalue weighted by atomic mass is 9.82. The maximum absolute atomic E-state index is 13.2. The fraction of sp³-hybridized carbons (Fsp3) is 0.0909. The van der Waals surface area contributed by atoms with Crippen molar-refractivity contribution in [1.29, 1.82) is 0 Å². The monoisotopic (exact) mass is 390 g/mol. The van der Waals surface area contributed by atoms with Crippen LogP contribution in [0.1, 0.15) is 44.3 Å². The molecule has 6 heteroatoms. The normalized spacial score (nSPS) is 12.5. The van der Waals surface area contributed by atoms with Crippen LogP contribution in [0.4, 0.5) is 17.1 Å². The molecule has 0 aliphatic heterocycles. The number of hydrogen-bond donors (Lipinski definition) is 3. The van der Waals surface area contributed by atoms with Gasteiger partial charge in [0.2, 0.25) is 0 Å². The quantitative estimate of drug-likeness (QED) is 0.338. The number of carbonyl (C=O) groups excluding carboxylic acids is 2. The molecule has 0 heterocycles. The molecule has 0 radical (unpaired) electrons. The smallest absolute Gasteiger partial charge is 0.196 e. The van der Waals surface area contributed by atoms with Gasteiger partial charge in [-0.1, -0.05) is 43.3 Å². The van der Waals surface area contributed by atoms with Gasteiger partial charge in [-0.2, -0.15) is 0 Å². The van der Waals surface area contributed by atoms with E-state index in [9.17, 15) is 14.1 Å². The summed E-state index contributed by atoms with van der Waals surface area (Å²) < 4.78 is 9.65. The zero-order chi connectivity index (χ0) is 19.8. The lowest BCUT2D eigenvalue weighted by Crippen LogP contribution is -2.24. The average molecular weight is 390 g/mol. The molecule has 0 unspecified atom stereocenters. The second-order valence-electron chi connectivity index (χ2n) is 6.56. The summed E-state index contributed by atoms with van der Waals surface area (Å²) in [5, 5.41) is 3.24. The Kier molecular flexibility index (Phi) is 4.66. The van der Waals surface area contributed by atoms with Crippen LogP contribution >= 0.6 is 12.0 Å². The van der Waals surface area contributed by atoms with E-state index < -0.39 is 0 Å². The van der Waals surface area contributed by atoms with Crippen molar-refractivity contribution in [3.8, 4) is 0 Å². The standard InChI is InChI=1S/C22H18N2O3S/c1-2-12-6-5-7-13(10-12)24-16-11-17(28-27)20(23)19-18(16)21(25)14-8-3-4-9-15(14)22(19)26/h3-11,24,27H,2,23H2,1H3. The van der Waals surface area contributed by atoms with Gasteiger partial charge in [-0.15, -0.1) is 0 Å². The zero-order valence-electron chi connectivity index (χ0n) is 15.2. The Morgan fingerprint density at radius 3 is 2.29 bits per heavy atom. The third-order valence-electron chi connectivity index (χ3n) is 4.91. The van der Waals surface area contributed by atoms with Crippen LogP contribution in [0.3, 0.4) is 0 Å². The summed E-state index contributed by atoms with van der Waals surface area (Å²) in [5.41, 5.74) is 9.69. The van der Waals surface area contributed by atoms with Gasteiger partial charge in [-0.3, -0.25) is 9.59 Å². The van der Waals surface area contributed by atoms with Crippen molar-refractivity contribution in [1.82, 2.24) is 0 Å². The first kappa shape index (κ1) is 18.3. The molecule has 3 aromatic rings. The van der Waals surface area contributed by atoms with Crippen LogP contribution in [-0.4, -0.2) is 16.1 Å². The number of aryl methyl sites for hydroxylation is 1. The second kappa shape index (κ2) is 7.14. The van der Waals surface area contributed by atoms with Crippen molar-refractivity contribution >= 4 is 40.7 Å². The maximum Gasteiger partial charge on any atom is 0.196 e. The fourth-order valence-electron chi connectivity index (χ4n) is 3.49. The third-order valence-corrected chi connectivity index (χ3v) is 5.45. The van der Waals surface area contributed by atoms with Gasteiger partial charge in [0.1, 0.15) is 0 Å². The molecule has 0 aromatic heterocycles. The van der Waals surface area contributed by atoms with Gasteiger partial charge in [-0.25, -0.2) is 0 Å². The van der Waals surface area contributed by atoms with Crippen LogP contribution in [0.15, 0.2) is 59.5 Å². The molecule has 28 heavy (non-hydrogen) atoms. The summed E-state index contributed by atoms with van der Waals surface area (Å²) in [7, 11) is 0. The van der Waals surface area contributed by atoms with E-state index in [-0.39, 0.29) is 28.4 Å². The summed E-state index contributed by atoms with van der Waals surface area (Å²) in [4.78, 5) is 26.6. The van der Waals surface area contributed by atoms with Crippen molar-refractivity contribution < 1.29 is 14.1 Å². The van der Waals surface area contributed by atoms with Gasteiger partial charge < -0.3 is 15.6 Å². The molecule has 4 N–H and O–H groups in total. The molecule has 0 spiro atoms. The number of rotatable bonds is 4.